The first kappa shape index (κ1) is 21.6. The largest absolute Gasteiger partial charge is 0.325 e. The summed E-state index contributed by atoms with van der Waals surface area (Å²) in [7, 11) is 0. The number of carbonyl (C=O) groups excluding carboxylic acids is 2. The highest BCUT2D eigenvalue weighted by Crippen LogP contribution is 2.21. The highest BCUT2D eigenvalue weighted by Gasteiger charge is 2.16. The van der Waals surface area contributed by atoms with Gasteiger partial charge in [0, 0.05) is 23.4 Å². The monoisotopic (exact) mass is 410 g/mol. The molecule has 0 aromatic heterocycles. The van der Waals surface area contributed by atoms with Crippen LogP contribution in [-0.2, 0) is 4.79 Å². The molecule has 0 atom stereocenters. The lowest BCUT2D eigenvalue weighted by atomic mass is 10.00. The minimum Gasteiger partial charge on any atom is -0.325 e. The number of carbonyl (C=O) groups is 2. The van der Waals surface area contributed by atoms with Crippen molar-refractivity contribution in [3.63, 3.8) is 0 Å². The van der Waals surface area contributed by atoms with Crippen LogP contribution in [0.25, 0.3) is 0 Å². The average Bonchev–Trinajstić information content (AvgIpc) is 3.01. The third-order valence-electron chi connectivity index (χ3n) is 5.21. The number of hydrogen-bond acceptors (Lipinski definition) is 4. The number of hydrogen-bond donors (Lipinski definition) is 1. The fourth-order valence-corrected chi connectivity index (χ4v) is 4.39. The van der Waals surface area contributed by atoms with E-state index in [4.69, 9.17) is 0 Å². The number of nitrogens with one attached hydrogen (secondary N) is 1. The van der Waals surface area contributed by atoms with Crippen LogP contribution in [0.15, 0.2) is 48.5 Å². The van der Waals surface area contributed by atoms with Gasteiger partial charge in [0.15, 0.2) is 5.78 Å². The van der Waals surface area contributed by atoms with Crippen LogP contribution in [0.3, 0.4) is 0 Å². The van der Waals surface area contributed by atoms with Crippen LogP contribution >= 0.6 is 11.8 Å². The number of nitrogens with zero attached hydrogens (tertiary/aromatic N) is 1. The predicted molar refractivity (Wildman–Crippen MR) is 122 cm³/mol. The normalized spacial score (nSPS) is 14.9. The smallest absolute Gasteiger partial charge is 0.234 e. The van der Waals surface area contributed by atoms with Crippen LogP contribution in [0, 0.1) is 6.92 Å². The lowest BCUT2D eigenvalue weighted by Crippen LogP contribution is -2.27. The number of rotatable bonds is 8. The number of ketones is 1. The topological polar surface area (TPSA) is 49.4 Å². The molecule has 1 amide bonds. The summed E-state index contributed by atoms with van der Waals surface area (Å²) >= 11 is 1.66. The van der Waals surface area contributed by atoms with E-state index in [1.165, 1.54) is 38.8 Å². The van der Waals surface area contributed by atoms with Crippen molar-refractivity contribution in [3.05, 3.63) is 65.2 Å². The van der Waals surface area contributed by atoms with Crippen LogP contribution in [0.4, 0.5) is 5.69 Å². The molecule has 0 saturated carbocycles. The SMILES string of the molecule is Cc1ccc(NC(=O)CSCCN2CCCCCC2)c(C(=O)c2ccccc2)c1. The van der Waals surface area contributed by atoms with Crippen molar-refractivity contribution in [3.8, 4) is 0 Å². The molecule has 1 heterocycles. The van der Waals surface area contributed by atoms with Crippen LogP contribution in [0.1, 0.15) is 47.2 Å². The Morgan fingerprint density at radius 2 is 1.72 bits per heavy atom. The number of likely N-dealkylation sites (tertiary alicyclic amines) is 1. The van der Waals surface area contributed by atoms with Gasteiger partial charge in [-0.3, -0.25) is 9.59 Å². The second kappa shape index (κ2) is 11.2. The second-order valence-corrected chi connectivity index (χ2v) is 8.71. The van der Waals surface area contributed by atoms with Crippen LogP contribution < -0.4 is 5.32 Å². The summed E-state index contributed by atoms with van der Waals surface area (Å²) in [5.74, 6) is 1.23. The molecule has 1 aliphatic heterocycles. The maximum Gasteiger partial charge on any atom is 0.234 e. The molecule has 1 N–H and O–H groups in total. The minimum absolute atomic E-state index is 0.0585. The van der Waals surface area contributed by atoms with Gasteiger partial charge in [0.25, 0.3) is 0 Å². The Morgan fingerprint density at radius 3 is 2.45 bits per heavy atom. The highest BCUT2D eigenvalue weighted by molar-refractivity contribution is 7.99. The summed E-state index contributed by atoms with van der Waals surface area (Å²) in [4.78, 5) is 27.9. The summed E-state index contributed by atoms with van der Waals surface area (Å²) in [6.45, 7) is 5.36. The van der Waals surface area contributed by atoms with E-state index in [2.05, 4.69) is 10.2 Å². The standard InChI is InChI=1S/C24H30N2O2S/c1-19-11-12-22(21(17-19)24(28)20-9-5-4-6-10-20)25-23(27)18-29-16-15-26-13-7-2-3-8-14-26/h4-6,9-12,17H,2-3,7-8,13-16,18H2,1H3,(H,25,27). The molecule has 154 valence electrons. The molecule has 0 aliphatic carbocycles. The molecular weight excluding hydrogens is 380 g/mol. The first-order valence-electron chi connectivity index (χ1n) is 10.4. The second-order valence-electron chi connectivity index (χ2n) is 7.60. The van der Waals surface area contributed by atoms with Crippen LogP contribution in [0.2, 0.25) is 0 Å². The number of anilines is 1. The van der Waals surface area contributed by atoms with Gasteiger partial charge < -0.3 is 10.2 Å². The fraction of sp³-hybridized carbons (Fsp3) is 0.417. The molecule has 0 spiro atoms. The Morgan fingerprint density at radius 1 is 1.00 bits per heavy atom. The summed E-state index contributed by atoms with van der Waals surface area (Å²) in [6.07, 6.45) is 5.26. The molecule has 0 unspecified atom stereocenters. The summed E-state index contributed by atoms with van der Waals surface area (Å²) in [5, 5.41) is 2.94. The van der Waals surface area contributed by atoms with Crippen molar-refractivity contribution in [2.24, 2.45) is 0 Å². The molecule has 2 aromatic rings. The number of benzene rings is 2. The third-order valence-corrected chi connectivity index (χ3v) is 6.15. The lowest BCUT2D eigenvalue weighted by molar-refractivity contribution is -0.113. The van der Waals surface area contributed by atoms with Gasteiger partial charge in [0.1, 0.15) is 0 Å². The van der Waals surface area contributed by atoms with Gasteiger partial charge >= 0.3 is 0 Å². The Hall–Kier alpha value is -2.11. The molecule has 1 saturated heterocycles. The van der Waals surface area contributed by atoms with E-state index < -0.39 is 0 Å². The van der Waals surface area contributed by atoms with E-state index in [0.717, 1.165) is 17.9 Å². The number of aryl methyl sites for hydroxylation is 1. The van der Waals surface area contributed by atoms with Gasteiger partial charge in [-0.1, -0.05) is 54.8 Å². The Kier molecular flexibility index (Phi) is 8.32. The van der Waals surface area contributed by atoms with E-state index >= 15 is 0 Å². The molecule has 2 aromatic carbocycles. The Labute approximate surface area is 178 Å². The van der Waals surface area contributed by atoms with Crippen molar-refractivity contribution >= 4 is 29.1 Å². The Balaban J connectivity index is 1.54. The molecule has 1 aliphatic rings. The first-order chi connectivity index (χ1) is 14.1. The summed E-state index contributed by atoms with van der Waals surface area (Å²) < 4.78 is 0. The molecule has 0 bridgehead atoms. The van der Waals surface area contributed by atoms with Gasteiger partial charge in [0.05, 0.1) is 11.4 Å². The van der Waals surface area contributed by atoms with Gasteiger partial charge in [-0.25, -0.2) is 0 Å². The zero-order chi connectivity index (χ0) is 20.5. The third kappa shape index (κ3) is 6.72. The molecule has 3 rings (SSSR count). The first-order valence-corrected chi connectivity index (χ1v) is 11.6. The highest BCUT2D eigenvalue weighted by atomic mass is 32.2. The maximum atomic E-state index is 12.9. The van der Waals surface area contributed by atoms with E-state index in [-0.39, 0.29) is 11.7 Å². The number of amides is 1. The zero-order valence-corrected chi connectivity index (χ0v) is 18.0. The van der Waals surface area contributed by atoms with Crippen molar-refractivity contribution < 1.29 is 9.59 Å². The minimum atomic E-state index is -0.0709. The molecule has 0 radical (unpaired) electrons. The van der Waals surface area contributed by atoms with Crippen molar-refractivity contribution in [1.82, 2.24) is 4.90 Å². The van der Waals surface area contributed by atoms with Crippen molar-refractivity contribution in [2.45, 2.75) is 32.6 Å². The van der Waals surface area contributed by atoms with Gasteiger partial charge in [-0.2, -0.15) is 11.8 Å². The van der Waals surface area contributed by atoms with Crippen molar-refractivity contribution in [2.75, 3.05) is 36.5 Å². The average molecular weight is 411 g/mol. The lowest BCUT2D eigenvalue weighted by Gasteiger charge is -2.19. The molecule has 1 fully saturated rings. The molecule has 29 heavy (non-hydrogen) atoms. The summed E-state index contributed by atoms with van der Waals surface area (Å²) in [5.41, 5.74) is 2.75. The summed E-state index contributed by atoms with van der Waals surface area (Å²) in [6, 6.07) is 14.8. The van der Waals surface area contributed by atoms with Crippen LogP contribution in [-0.4, -0.2) is 47.7 Å². The van der Waals surface area contributed by atoms with Gasteiger partial charge in [-0.15, -0.1) is 0 Å². The molecule has 5 heteroatoms. The molecule has 4 nitrogen and oxygen atoms in total. The van der Waals surface area contributed by atoms with Gasteiger partial charge in [0.2, 0.25) is 5.91 Å². The quantitative estimate of drug-likeness (QED) is 0.503. The van der Waals surface area contributed by atoms with E-state index in [9.17, 15) is 9.59 Å². The Bertz CT molecular complexity index is 815. The predicted octanol–water partition coefficient (Wildman–Crippen LogP) is 4.77. The fourth-order valence-electron chi connectivity index (χ4n) is 3.60. The zero-order valence-electron chi connectivity index (χ0n) is 17.2. The molecular formula is C24H30N2O2S. The number of thioether (sulfide) groups is 1. The van der Waals surface area contributed by atoms with Crippen LogP contribution in [0.5, 0.6) is 0 Å². The van der Waals surface area contributed by atoms with Crippen molar-refractivity contribution in [1.29, 1.82) is 0 Å². The van der Waals surface area contributed by atoms with Gasteiger partial charge in [-0.05, 0) is 45.0 Å². The van der Waals surface area contributed by atoms with E-state index in [1.807, 2.05) is 43.3 Å². The van der Waals surface area contributed by atoms with E-state index in [1.54, 1.807) is 23.9 Å². The van der Waals surface area contributed by atoms with E-state index in [0.29, 0.717) is 22.6 Å². The maximum absolute atomic E-state index is 12.9.